The Morgan fingerprint density at radius 2 is 2.15 bits per heavy atom. The Morgan fingerprint density at radius 3 is 2.70 bits per heavy atom. The lowest BCUT2D eigenvalue weighted by atomic mass is 10.2. The number of aromatic carboxylic acids is 1. The third-order valence-electron chi connectivity index (χ3n) is 2.48. The first-order valence-corrected chi connectivity index (χ1v) is 7.15. The van der Waals surface area contributed by atoms with Crippen LogP contribution in [0.4, 0.5) is 5.69 Å². The molecule has 1 aromatic heterocycles. The fraction of sp³-hybridized carbons (Fsp3) is 0.167. The first-order valence-electron chi connectivity index (χ1n) is 5.52. The van der Waals surface area contributed by atoms with Crippen molar-refractivity contribution >= 4 is 34.8 Å². The van der Waals surface area contributed by atoms with Crippen molar-refractivity contribution in [1.29, 1.82) is 0 Å². The molecule has 0 bridgehead atoms. The molecule has 0 amide bonds. The molecule has 2 aromatic rings. The van der Waals surface area contributed by atoms with Crippen molar-refractivity contribution < 1.29 is 14.8 Å². The van der Waals surface area contributed by atoms with E-state index in [2.05, 4.69) is 4.98 Å². The summed E-state index contributed by atoms with van der Waals surface area (Å²) in [6, 6.07) is 4.91. The molecule has 0 atom stereocenters. The Kier molecular flexibility index (Phi) is 4.05. The van der Waals surface area contributed by atoms with E-state index in [4.69, 9.17) is 5.11 Å². The smallest absolute Gasteiger partial charge is 0.347 e. The molecule has 1 heterocycles. The average molecular weight is 310 g/mol. The largest absolute Gasteiger partial charge is 0.477 e. The lowest BCUT2D eigenvalue weighted by Crippen LogP contribution is -1.94. The molecular formula is C12H10N2O4S2. The third-order valence-corrected chi connectivity index (χ3v) is 4.75. The van der Waals surface area contributed by atoms with Crippen molar-refractivity contribution in [2.75, 3.05) is 0 Å². The van der Waals surface area contributed by atoms with Gasteiger partial charge in [-0.25, -0.2) is 9.78 Å². The summed E-state index contributed by atoms with van der Waals surface area (Å²) in [4.78, 5) is 26.3. The van der Waals surface area contributed by atoms with Gasteiger partial charge in [0.25, 0.3) is 5.69 Å². The molecule has 0 saturated carbocycles. The van der Waals surface area contributed by atoms with Crippen molar-refractivity contribution in [3.63, 3.8) is 0 Å². The summed E-state index contributed by atoms with van der Waals surface area (Å²) in [5.41, 5.74) is 1.21. The number of carboxylic acids is 1. The standard InChI is InChI=1S/C12H10N2O4S2/c1-6-3-4-9(8(5-6)14(17)18)19-12-13-7(2)10(20-12)11(15)16/h3-5H,1-2H3,(H,15,16). The van der Waals surface area contributed by atoms with Crippen LogP contribution >= 0.6 is 23.1 Å². The SMILES string of the molecule is Cc1ccc(Sc2nc(C)c(C(=O)O)s2)c([N+](=O)[O-])c1. The monoisotopic (exact) mass is 310 g/mol. The second-order valence-corrected chi connectivity index (χ2v) is 6.32. The number of rotatable bonds is 4. The van der Waals surface area contributed by atoms with Gasteiger partial charge in [0.05, 0.1) is 15.5 Å². The molecule has 6 nitrogen and oxygen atoms in total. The molecule has 0 saturated heterocycles. The zero-order valence-electron chi connectivity index (χ0n) is 10.6. The number of carboxylic acid groups (broad SMARTS) is 1. The molecular weight excluding hydrogens is 300 g/mol. The maximum atomic E-state index is 11.0. The Balaban J connectivity index is 2.37. The molecule has 0 unspecified atom stereocenters. The molecule has 2 rings (SSSR count). The Labute approximate surface area is 122 Å². The van der Waals surface area contributed by atoms with Crippen molar-refractivity contribution in [3.05, 3.63) is 44.4 Å². The van der Waals surface area contributed by atoms with Crippen LogP contribution in [0.25, 0.3) is 0 Å². The molecule has 0 aliphatic rings. The highest BCUT2D eigenvalue weighted by Crippen LogP contribution is 2.38. The second kappa shape index (κ2) is 5.59. The molecule has 104 valence electrons. The molecule has 0 aliphatic carbocycles. The predicted octanol–water partition coefficient (Wildman–Crippen LogP) is 3.52. The number of nitrogens with zero attached hydrogens (tertiary/aromatic N) is 2. The normalized spacial score (nSPS) is 10.5. The van der Waals surface area contributed by atoms with Crippen LogP contribution in [-0.4, -0.2) is 21.0 Å². The van der Waals surface area contributed by atoms with Gasteiger partial charge >= 0.3 is 5.97 Å². The first-order chi connectivity index (χ1) is 9.38. The maximum absolute atomic E-state index is 11.0. The third kappa shape index (κ3) is 2.97. The molecule has 0 fully saturated rings. The van der Waals surface area contributed by atoms with E-state index in [9.17, 15) is 14.9 Å². The number of benzene rings is 1. The Bertz CT molecular complexity index is 697. The van der Waals surface area contributed by atoms with Gasteiger partial charge in [-0.15, -0.1) is 11.3 Å². The highest BCUT2D eigenvalue weighted by molar-refractivity contribution is 8.01. The van der Waals surface area contributed by atoms with Crippen LogP contribution in [0, 0.1) is 24.0 Å². The average Bonchev–Trinajstić information content (AvgIpc) is 2.72. The summed E-state index contributed by atoms with van der Waals surface area (Å²) >= 11 is 2.12. The van der Waals surface area contributed by atoms with Crippen molar-refractivity contribution in [2.45, 2.75) is 23.1 Å². The number of carbonyl (C=O) groups is 1. The minimum Gasteiger partial charge on any atom is -0.477 e. The van der Waals surface area contributed by atoms with Gasteiger partial charge in [0.2, 0.25) is 0 Å². The zero-order valence-corrected chi connectivity index (χ0v) is 12.2. The first kappa shape index (κ1) is 14.5. The van der Waals surface area contributed by atoms with E-state index in [1.54, 1.807) is 26.0 Å². The van der Waals surface area contributed by atoms with E-state index >= 15 is 0 Å². The van der Waals surface area contributed by atoms with Crippen LogP contribution in [0.3, 0.4) is 0 Å². The van der Waals surface area contributed by atoms with Crippen LogP contribution in [0.1, 0.15) is 20.9 Å². The zero-order chi connectivity index (χ0) is 14.9. The lowest BCUT2D eigenvalue weighted by molar-refractivity contribution is -0.387. The number of nitro groups is 1. The van der Waals surface area contributed by atoms with E-state index in [1.807, 2.05) is 0 Å². The quantitative estimate of drug-likeness (QED) is 0.686. The van der Waals surface area contributed by atoms with E-state index in [-0.39, 0.29) is 10.6 Å². The van der Waals surface area contributed by atoms with Gasteiger partial charge in [0.1, 0.15) is 4.88 Å². The summed E-state index contributed by atoms with van der Waals surface area (Å²) in [7, 11) is 0. The minimum absolute atomic E-state index is 0.000252. The molecule has 1 N–H and O–H groups in total. The molecule has 0 radical (unpaired) electrons. The minimum atomic E-state index is -1.04. The summed E-state index contributed by atoms with van der Waals surface area (Å²) in [5.74, 6) is -1.04. The highest BCUT2D eigenvalue weighted by atomic mass is 32.2. The van der Waals surface area contributed by atoms with E-state index in [0.29, 0.717) is 14.9 Å². The summed E-state index contributed by atoms with van der Waals surface area (Å²) in [5, 5.41) is 20.0. The Morgan fingerprint density at radius 1 is 1.45 bits per heavy atom. The highest BCUT2D eigenvalue weighted by Gasteiger charge is 2.19. The van der Waals surface area contributed by atoms with Crippen LogP contribution in [0.2, 0.25) is 0 Å². The van der Waals surface area contributed by atoms with Crippen LogP contribution < -0.4 is 0 Å². The molecule has 0 aliphatic heterocycles. The summed E-state index contributed by atoms with van der Waals surface area (Å²) in [6.07, 6.45) is 0. The number of nitro benzene ring substituents is 1. The number of hydrogen-bond acceptors (Lipinski definition) is 6. The number of hydrogen-bond donors (Lipinski definition) is 1. The van der Waals surface area contributed by atoms with Crippen LogP contribution in [0.15, 0.2) is 27.4 Å². The van der Waals surface area contributed by atoms with Crippen molar-refractivity contribution in [2.24, 2.45) is 0 Å². The molecule has 8 heteroatoms. The van der Waals surface area contributed by atoms with Gasteiger partial charge in [0, 0.05) is 6.07 Å². The summed E-state index contributed by atoms with van der Waals surface area (Å²) < 4.78 is 0.479. The van der Waals surface area contributed by atoms with Gasteiger partial charge in [0.15, 0.2) is 4.34 Å². The van der Waals surface area contributed by atoms with E-state index in [1.165, 1.54) is 6.07 Å². The molecule has 1 aromatic carbocycles. The van der Waals surface area contributed by atoms with Gasteiger partial charge in [-0.3, -0.25) is 10.1 Å². The fourth-order valence-corrected chi connectivity index (χ4v) is 3.63. The van der Waals surface area contributed by atoms with Gasteiger partial charge in [-0.1, -0.05) is 17.8 Å². The predicted molar refractivity (Wildman–Crippen MR) is 75.8 cm³/mol. The number of aromatic nitrogens is 1. The lowest BCUT2D eigenvalue weighted by Gasteiger charge is -2.01. The van der Waals surface area contributed by atoms with Crippen LogP contribution in [-0.2, 0) is 0 Å². The van der Waals surface area contributed by atoms with Gasteiger partial charge < -0.3 is 5.11 Å². The fourth-order valence-electron chi connectivity index (χ4n) is 1.56. The molecule has 20 heavy (non-hydrogen) atoms. The van der Waals surface area contributed by atoms with Crippen molar-refractivity contribution in [3.8, 4) is 0 Å². The van der Waals surface area contributed by atoms with Crippen LogP contribution in [0.5, 0.6) is 0 Å². The second-order valence-electron chi connectivity index (χ2n) is 4.03. The number of thiazole rings is 1. The number of aryl methyl sites for hydroxylation is 2. The maximum Gasteiger partial charge on any atom is 0.347 e. The van der Waals surface area contributed by atoms with Gasteiger partial charge in [-0.2, -0.15) is 0 Å². The molecule has 0 spiro atoms. The van der Waals surface area contributed by atoms with E-state index < -0.39 is 10.9 Å². The van der Waals surface area contributed by atoms with E-state index in [0.717, 1.165) is 28.7 Å². The summed E-state index contributed by atoms with van der Waals surface area (Å²) in [6.45, 7) is 3.38. The topological polar surface area (TPSA) is 93.3 Å². The van der Waals surface area contributed by atoms with Crippen molar-refractivity contribution in [1.82, 2.24) is 4.98 Å². The Hall–Kier alpha value is -1.93. The van der Waals surface area contributed by atoms with Gasteiger partial charge in [-0.05, 0) is 25.5 Å².